The summed E-state index contributed by atoms with van der Waals surface area (Å²) in [6.07, 6.45) is -3.34. The van der Waals surface area contributed by atoms with Crippen LogP contribution >= 0.6 is 11.6 Å². The van der Waals surface area contributed by atoms with Crippen molar-refractivity contribution in [1.29, 1.82) is 5.41 Å². The molecule has 0 unspecified atom stereocenters. The Kier molecular flexibility index (Phi) is 7.36. The van der Waals surface area contributed by atoms with Crippen molar-refractivity contribution in [2.75, 3.05) is 12.4 Å². The van der Waals surface area contributed by atoms with Gasteiger partial charge >= 0.3 is 12.1 Å². The summed E-state index contributed by atoms with van der Waals surface area (Å²) in [6.45, 7) is 1.69. The van der Waals surface area contributed by atoms with Crippen molar-refractivity contribution in [2.24, 2.45) is 0 Å². The Labute approximate surface area is 219 Å². The Morgan fingerprint density at radius 1 is 1.05 bits per heavy atom. The van der Waals surface area contributed by atoms with Crippen LogP contribution in [0.4, 0.5) is 18.9 Å². The Morgan fingerprint density at radius 2 is 1.74 bits per heavy atom. The molecule has 0 saturated heterocycles. The molecule has 3 aromatic carbocycles. The lowest BCUT2D eigenvalue weighted by atomic mass is 9.97. The number of ether oxygens (including phenoxy) is 1. The number of halogens is 4. The molecule has 4 aromatic rings. The van der Waals surface area contributed by atoms with Gasteiger partial charge in [-0.25, -0.2) is 9.78 Å². The maximum Gasteiger partial charge on any atom is 0.417 e. The van der Waals surface area contributed by atoms with Crippen LogP contribution in [0, 0.1) is 12.3 Å². The van der Waals surface area contributed by atoms with Gasteiger partial charge in [-0.2, -0.15) is 13.2 Å². The number of methoxy groups -OCH3 is 1. The van der Waals surface area contributed by atoms with Gasteiger partial charge < -0.3 is 14.5 Å². The van der Waals surface area contributed by atoms with Crippen molar-refractivity contribution in [3.05, 3.63) is 105 Å². The molecule has 0 atom stereocenters. The van der Waals surface area contributed by atoms with Crippen LogP contribution in [0.25, 0.3) is 11.5 Å². The van der Waals surface area contributed by atoms with Crippen molar-refractivity contribution >= 4 is 34.9 Å². The number of aromatic nitrogens is 1. The van der Waals surface area contributed by atoms with Gasteiger partial charge in [0.05, 0.1) is 46.4 Å². The van der Waals surface area contributed by atoms with Gasteiger partial charge in [0, 0.05) is 16.7 Å². The van der Waals surface area contributed by atoms with Crippen molar-refractivity contribution < 1.29 is 31.9 Å². The SMILES string of the molecule is COC(=O)c1ccc(C(=N)c2ccc(-c3ncc(C)o3)cc2NC(=O)c2c(Cl)cccc2C(F)(F)F)cc1. The zero-order valence-corrected chi connectivity index (χ0v) is 20.7. The number of nitrogens with one attached hydrogen (secondary N) is 2. The third-order valence-corrected chi connectivity index (χ3v) is 5.86. The molecule has 0 bridgehead atoms. The highest BCUT2D eigenvalue weighted by Gasteiger charge is 2.36. The second kappa shape index (κ2) is 10.5. The molecule has 4 rings (SSSR count). The minimum Gasteiger partial charge on any atom is -0.465 e. The first-order chi connectivity index (χ1) is 18.0. The number of hydrogen-bond acceptors (Lipinski definition) is 6. The van der Waals surface area contributed by atoms with E-state index in [0.29, 0.717) is 16.9 Å². The smallest absolute Gasteiger partial charge is 0.417 e. The molecule has 1 amide bonds. The molecule has 0 spiro atoms. The quantitative estimate of drug-likeness (QED) is 0.207. The fraction of sp³-hybridized carbons (Fsp3) is 0.111. The lowest BCUT2D eigenvalue weighted by Crippen LogP contribution is -2.20. The van der Waals surface area contributed by atoms with Crippen LogP contribution in [-0.4, -0.2) is 29.7 Å². The fourth-order valence-electron chi connectivity index (χ4n) is 3.71. The molecule has 0 fully saturated rings. The number of benzene rings is 3. The number of anilines is 1. The minimum absolute atomic E-state index is 0.0263. The fourth-order valence-corrected chi connectivity index (χ4v) is 3.97. The molecular formula is C27H19ClF3N3O4. The zero-order valence-electron chi connectivity index (χ0n) is 19.9. The molecule has 11 heteroatoms. The van der Waals surface area contributed by atoms with Gasteiger partial charge in [-0.05, 0) is 49.4 Å². The highest BCUT2D eigenvalue weighted by Crippen LogP contribution is 2.36. The molecule has 1 aromatic heterocycles. The average Bonchev–Trinajstić information content (AvgIpc) is 3.33. The number of nitrogens with zero attached hydrogens (tertiary/aromatic N) is 1. The molecule has 0 radical (unpaired) electrons. The number of amides is 1. The van der Waals surface area contributed by atoms with E-state index in [9.17, 15) is 22.8 Å². The number of carbonyl (C=O) groups excluding carboxylic acids is 2. The second-order valence-electron chi connectivity index (χ2n) is 8.09. The third kappa shape index (κ3) is 5.45. The number of oxazole rings is 1. The first-order valence-corrected chi connectivity index (χ1v) is 11.4. The minimum atomic E-state index is -4.83. The summed E-state index contributed by atoms with van der Waals surface area (Å²) >= 11 is 6.01. The largest absolute Gasteiger partial charge is 0.465 e. The van der Waals surface area contributed by atoms with Gasteiger partial charge in [-0.15, -0.1) is 0 Å². The van der Waals surface area contributed by atoms with Crippen LogP contribution in [0.3, 0.4) is 0 Å². The summed E-state index contributed by atoms with van der Waals surface area (Å²) in [6, 6.07) is 13.6. The van der Waals surface area contributed by atoms with Crippen LogP contribution in [0.15, 0.2) is 71.3 Å². The molecule has 7 nitrogen and oxygen atoms in total. The predicted octanol–water partition coefficient (Wildman–Crippen LogP) is 6.78. The topological polar surface area (TPSA) is 105 Å². The molecule has 2 N–H and O–H groups in total. The third-order valence-electron chi connectivity index (χ3n) is 5.55. The lowest BCUT2D eigenvalue weighted by Gasteiger charge is -2.17. The summed E-state index contributed by atoms with van der Waals surface area (Å²) in [5.41, 5.74) is -0.735. The number of alkyl halides is 3. The van der Waals surface area contributed by atoms with E-state index in [1.165, 1.54) is 55.8 Å². The van der Waals surface area contributed by atoms with E-state index in [1.54, 1.807) is 13.0 Å². The van der Waals surface area contributed by atoms with E-state index < -0.39 is 29.2 Å². The molecule has 0 aliphatic heterocycles. The lowest BCUT2D eigenvalue weighted by molar-refractivity contribution is -0.137. The monoisotopic (exact) mass is 541 g/mol. The highest BCUT2D eigenvalue weighted by atomic mass is 35.5. The summed E-state index contributed by atoms with van der Waals surface area (Å²) in [5.74, 6) is -0.924. The predicted molar refractivity (Wildman–Crippen MR) is 135 cm³/mol. The van der Waals surface area contributed by atoms with Crippen molar-refractivity contribution in [3.8, 4) is 11.5 Å². The number of carbonyl (C=O) groups is 2. The molecule has 38 heavy (non-hydrogen) atoms. The highest BCUT2D eigenvalue weighted by molar-refractivity contribution is 6.34. The molecule has 1 heterocycles. The van der Waals surface area contributed by atoms with Crippen LogP contribution in [0.1, 0.15) is 43.2 Å². The Balaban J connectivity index is 1.78. The maximum atomic E-state index is 13.6. The van der Waals surface area contributed by atoms with Gasteiger partial charge in [-0.1, -0.05) is 29.8 Å². The van der Waals surface area contributed by atoms with E-state index in [-0.39, 0.29) is 33.4 Å². The molecule has 0 saturated carbocycles. The van der Waals surface area contributed by atoms with Crippen LogP contribution < -0.4 is 5.32 Å². The van der Waals surface area contributed by atoms with Gasteiger partial charge in [0.1, 0.15) is 5.76 Å². The first-order valence-electron chi connectivity index (χ1n) is 11.0. The van der Waals surface area contributed by atoms with Gasteiger partial charge in [-0.3, -0.25) is 10.2 Å². The van der Waals surface area contributed by atoms with Crippen molar-refractivity contribution in [2.45, 2.75) is 13.1 Å². The number of hydrogen-bond donors (Lipinski definition) is 2. The van der Waals surface area contributed by atoms with Gasteiger partial charge in [0.2, 0.25) is 5.89 Å². The van der Waals surface area contributed by atoms with Crippen LogP contribution in [0.5, 0.6) is 0 Å². The Morgan fingerprint density at radius 3 is 2.34 bits per heavy atom. The molecule has 194 valence electrons. The summed E-state index contributed by atoms with van der Waals surface area (Å²) in [7, 11) is 1.24. The second-order valence-corrected chi connectivity index (χ2v) is 8.50. The Bertz CT molecular complexity index is 1550. The standard InChI is InChI=1S/C27H19ClF3N3O4/c1-14-13-33-25(38-14)17-10-11-18(23(32)15-6-8-16(9-7-15)26(36)37-2)21(12-17)34-24(35)22-19(27(29,30)31)4-3-5-20(22)28/h3-13,32H,1-2H3,(H,34,35). The Hall–Kier alpha value is -4.44. The van der Waals surface area contributed by atoms with E-state index in [4.69, 9.17) is 21.4 Å². The van der Waals surface area contributed by atoms with E-state index >= 15 is 0 Å². The summed E-state index contributed by atoms with van der Waals surface area (Å²) in [5, 5.41) is 10.8. The van der Waals surface area contributed by atoms with Crippen molar-refractivity contribution in [3.63, 3.8) is 0 Å². The zero-order chi connectivity index (χ0) is 27.6. The molecule has 0 aliphatic carbocycles. The number of esters is 1. The van der Waals surface area contributed by atoms with E-state index in [1.807, 2.05) is 0 Å². The van der Waals surface area contributed by atoms with E-state index in [2.05, 4.69) is 15.0 Å². The van der Waals surface area contributed by atoms with Crippen molar-refractivity contribution in [1.82, 2.24) is 4.98 Å². The average molecular weight is 542 g/mol. The van der Waals surface area contributed by atoms with E-state index in [0.717, 1.165) is 12.1 Å². The molecular weight excluding hydrogens is 523 g/mol. The normalized spacial score (nSPS) is 11.2. The van der Waals surface area contributed by atoms with Gasteiger partial charge in [0.15, 0.2) is 0 Å². The summed E-state index contributed by atoms with van der Waals surface area (Å²) < 4.78 is 51.1. The summed E-state index contributed by atoms with van der Waals surface area (Å²) in [4.78, 5) is 29.1. The maximum absolute atomic E-state index is 13.6. The van der Waals surface area contributed by atoms with Crippen LogP contribution in [-0.2, 0) is 10.9 Å². The molecule has 0 aliphatic rings. The first kappa shape index (κ1) is 26.6. The van der Waals surface area contributed by atoms with Crippen LogP contribution in [0.2, 0.25) is 5.02 Å². The van der Waals surface area contributed by atoms with Gasteiger partial charge in [0.25, 0.3) is 5.91 Å². The number of rotatable bonds is 6. The number of aryl methyl sites for hydroxylation is 1.